The number of carbonyl (C=O) groups is 1. The van der Waals surface area contributed by atoms with Gasteiger partial charge in [0.2, 0.25) is 0 Å². The fourth-order valence-electron chi connectivity index (χ4n) is 2.49. The Morgan fingerprint density at radius 2 is 1.50 bits per heavy atom. The SMILES string of the molecule is O=C1C[C@H]2CCCC[C@H]2C1. The minimum Gasteiger partial charge on any atom is -0.300 e. The average Bonchev–Trinajstić information content (AvgIpc) is 2.27. The molecule has 2 aliphatic rings. The fraction of sp³-hybridized carbons (Fsp3) is 0.889. The molecule has 2 rings (SSSR count). The summed E-state index contributed by atoms with van der Waals surface area (Å²) in [5, 5.41) is 0. The quantitative estimate of drug-likeness (QED) is 0.501. The minimum atomic E-state index is 0.525. The van der Waals surface area contributed by atoms with Gasteiger partial charge in [0.1, 0.15) is 5.78 Å². The van der Waals surface area contributed by atoms with E-state index in [-0.39, 0.29) is 0 Å². The zero-order valence-electron chi connectivity index (χ0n) is 6.31. The van der Waals surface area contributed by atoms with Gasteiger partial charge in [-0.3, -0.25) is 4.79 Å². The van der Waals surface area contributed by atoms with Gasteiger partial charge in [-0.15, -0.1) is 0 Å². The summed E-state index contributed by atoms with van der Waals surface area (Å²) in [6.45, 7) is 0. The summed E-state index contributed by atoms with van der Waals surface area (Å²) in [4.78, 5) is 11.0. The third kappa shape index (κ3) is 0.979. The molecule has 1 nitrogen and oxygen atoms in total. The number of Topliss-reactive ketones (excluding diaryl/α,β-unsaturated/α-hetero) is 1. The highest BCUT2D eigenvalue weighted by Crippen LogP contribution is 2.40. The first kappa shape index (κ1) is 6.38. The van der Waals surface area contributed by atoms with Crippen molar-refractivity contribution in [3.05, 3.63) is 0 Å². The third-order valence-electron chi connectivity index (χ3n) is 3.05. The maximum atomic E-state index is 11.0. The molecule has 56 valence electrons. The summed E-state index contributed by atoms with van der Waals surface area (Å²) in [5.41, 5.74) is 0. The Morgan fingerprint density at radius 3 is 2.00 bits per heavy atom. The Bertz CT molecular complexity index is 135. The molecule has 2 saturated carbocycles. The van der Waals surface area contributed by atoms with Gasteiger partial charge in [-0.1, -0.05) is 12.8 Å². The molecule has 0 radical (unpaired) electrons. The molecule has 2 aliphatic carbocycles. The maximum Gasteiger partial charge on any atom is 0.133 e. The molecule has 2 atom stereocenters. The summed E-state index contributed by atoms with van der Waals surface area (Å²) in [6.07, 6.45) is 7.21. The number of hydrogen-bond acceptors (Lipinski definition) is 1. The molecule has 0 heterocycles. The lowest BCUT2D eigenvalue weighted by atomic mass is 9.82. The van der Waals surface area contributed by atoms with Gasteiger partial charge in [0, 0.05) is 12.8 Å². The van der Waals surface area contributed by atoms with E-state index in [9.17, 15) is 4.79 Å². The lowest BCUT2D eigenvalue weighted by molar-refractivity contribution is -0.117. The van der Waals surface area contributed by atoms with Gasteiger partial charge in [-0.25, -0.2) is 0 Å². The Kier molecular flexibility index (Phi) is 1.51. The first-order chi connectivity index (χ1) is 4.86. The highest BCUT2D eigenvalue weighted by atomic mass is 16.1. The van der Waals surface area contributed by atoms with Gasteiger partial charge in [0.25, 0.3) is 0 Å². The summed E-state index contributed by atoms with van der Waals surface area (Å²) in [5.74, 6) is 2.11. The number of fused-ring (bicyclic) bond motifs is 1. The highest BCUT2D eigenvalue weighted by Gasteiger charge is 2.33. The molecule has 0 spiro atoms. The summed E-state index contributed by atoms with van der Waals surface area (Å²) in [6, 6.07) is 0. The first-order valence-corrected chi connectivity index (χ1v) is 4.38. The predicted octanol–water partition coefficient (Wildman–Crippen LogP) is 2.16. The molecule has 0 aromatic heterocycles. The molecule has 0 unspecified atom stereocenters. The van der Waals surface area contributed by atoms with E-state index in [4.69, 9.17) is 0 Å². The lowest BCUT2D eigenvalue weighted by Gasteiger charge is -2.23. The second kappa shape index (κ2) is 2.37. The molecule has 0 amide bonds. The molecule has 10 heavy (non-hydrogen) atoms. The van der Waals surface area contributed by atoms with Crippen molar-refractivity contribution in [1.82, 2.24) is 0 Å². The van der Waals surface area contributed by atoms with E-state index in [1.54, 1.807) is 0 Å². The molecular weight excluding hydrogens is 124 g/mol. The van der Waals surface area contributed by atoms with Crippen LogP contribution in [0.2, 0.25) is 0 Å². The fourth-order valence-corrected chi connectivity index (χ4v) is 2.49. The van der Waals surface area contributed by atoms with Gasteiger partial charge in [0.05, 0.1) is 0 Å². The van der Waals surface area contributed by atoms with Gasteiger partial charge in [-0.2, -0.15) is 0 Å². The van der Waals surface area contributed by atoms with Crippen LogP contribution in [0.4, 0.5) is 0 Å². The van der Waals surface area contributed by atoms with Crippen molar-refractivity contribution in [2.45, 2.75) is 38.5 Å². The monoisotopic (exact) mass is 138 g/mol. The largest absolute Gasteiger partial charge is 0.300 e. The lowest BCUT2D eigenvalue weighted by Crippen LogP contribution is -2.12. The summed E-state index contributed by atoms with van der Waals surface area (Å²) in [7, 11) is 0. The van der Waals surface area contributed by atoms with Crippen LogP contribution in [-0.4, -0.2) is 5.78 Å². The molecule has 0 saturated heterocycles. The number of ketones is 1. The molecular formula is C9H14O. The van der Waals surface area contributed by atoms with E-state index < -0.39 is 0 Å². The molecule has 2 fully saturated rings. The molecule has 0 aromatic carbocycles. The Hall–Kier alpha value is -0.330. The van der Waals surface area contributed by atoms with E-state index in [0.717, 1.165) is 24.7 Å². The van der Waals surface area contributed by atoms with E-state index in [0.29, 0.717) is 5.78 Å². The van der Waals surface area contributed by atoms with Gasteiger partial charge in [0.15, 0.2) is 0 Å². The average molecular weight is 138 g/mol. The predicted molar refractivity (Wildman–Crippen MR) is 39.7 cm³/mol. The van der Waals surface area contributed by atoms with Crippen LogP contribution in [0.25, 0.3) is 0 Å². The molecule has 0 aromatic rings. The van der Waals surface area contributed by atoms with Crippen LogP contribution >= 0.6 is 0 Å². The zero-order valence-corrected chi connectivity index (χ0v) is 6.31. The highest BCUT2D eigenvalue weighted by molar-refractivity contribution is 5.81. The maximum absolute atomic E-state index is 11.0. The molecule has 1 heteroatoms. The summed E-state index contributed by atoms with van der Waals surface area (Å²) < 4.78 is 0. The van der Waals surface area contributed by atoms with Crippen molar-refractivity contribution in [1.29, 1.82) is 0 Å². The van der Waals surface area contributed by atoms with Gasteiger partial charge < -0.3 is 0 Å². The van der Waals surface area contributed by atoms with Crippen LogP contribution in [-0.2, 0) is 4.79 Å². The van der Waals surface area contributed by atoms with E-state index in [1.807, 2.05) is 0 Å². The standard InChI is InChI=1S/C9H14O/c10-9-5-7-3-1-2-4-8(7)6-9/h7-8H,1-6H2/t7-,8+. The Labute approximate surface area is 61.8 Å². The number of rotatable bonds is 0. The van der Waals surface area contributed by atoms with Crippen LogP contribution in [0.5, 0.6) is 0 Å². The van der Waals surface area contributed by atoms with Crippen molar-refractivity contribution in [2.24, 2.45) is 11.8 Å². The van der Waals surface area contributed by atoms with Crippen molar-refractivity contribution in [3.63, 3.8) is 0 Å². The number of hydrogen-bond donors (Lipinski definition) is 0. The van der Waals surface area contributed by atoms with Crippen molar-refractivity contribution < 1.29 is 4.79 Å². The van der Waals surface area contributed by atoms with Gasteiger partial charge in [-0.05, 0) is 24.7 Å². The van der Waals surface area contributed by atoms with Crippen LogP contribution in [0.3, 0.4) is 0 Å². The van der Waals surface area contributed by atoms with Crippen LogP contribution in [0.15, 0.2) is 0 Å². The topological polar surface area (TPSA) is 17.1 Å². The van der Waals surface area contributed by atoms with E-state index >= 15 is 0 Å². The second-order valence-corrected chi connectivity index (χ2v) is 3.75. The number of carbonyl (C=O) groups excluding carboxylic acids is 1. The summed E-state index contributed by atoms with van der Waals surface area (Å²) >= 11 is 0. The van der Waals surface area contributed by atoms with Crippen molar-refractivity contribution >= 4 is 5.78 Å². The molecule has 0 aliphatic heterocycles. The van der Waals surface area contributed by atoms with Crippen molar-refractivity contribution in [2.75, 3.05) is 0 Å². The Morgan fingerprint density at radius 1 is 1.00 bits per heavy atom. The normalized spacial score (nSPS) is 39.8. The zero-order chi connectivity index (χ0) is 6.97. The second-order valence-electron chi connectivity index (χ2n) is 3.75. The van der Waals surface area contributed by atoms with Crippen LogP contribution in [0, 0.1) is 11.8 Å². The van der Waals surface area contributed by atoms with E-state index in [2.05, 4.69) is 0 Å². The first-order valence-electron chi connectivity index (χ1n) is 4.38. The van der Waals surface area contributed by atoms with Crippen LogP contribution < -0.4 is 0 Å². The van der Waals surface area contributed by atoms with Crippen LogP contribution in [0.1, 0.15) is 38.5 Å². The smallest absolute Gasteiger partial charge is 0.133 e. The van der Waals surface area contributed by atoms with Crippen molar-refractivity contribution in [3.8, 4) is 0 Å². The molecule has 0 N–H and O–H groups in total. The third-order valence-corrected chi connectivity index (χ3v) is 3.05. The Balaban J connectivity index is 2.04. The minimum absolute atomic E-state index is 0.525. The molecule has 0 bridgehead atoms. The van der Waals surface area contributed by atoms with Gasteiger partial charge >= 0.3 is 0 Å². The van der Waals surface area contributed by atoms with E-state index in [1.165, 1.54) is 25.7 Å².